The van der Waals surface area contributed by atoms with Crippen LogP contribution in [0.4, 0.5) is 11.4 Å². The number of ether oxygens (including phenoxy) is 1. The van der Waals surface area contributed by atoms with E-state index in [4.69, 9.17) is 28.6 Å². The van der Waals surface area contributed by atoms with Crippen molar-refractivity contribution in [2.24, 2.45) is 0 Å². The number of rotatable bonds is 6. The number of nitrogens with zero attached hydrogens (tertiary/aromatic N) is 2. The second-order valence-corrected chi connectivity index (χ2v) is 11.2. The third-order valence-electron chi connectivity index (χ3n) is 6.09. The van der Waals surface area contributed by atoms with E-state index in [1.807, 2.05) is 18.2 Å². The van der Waals surface area contributed by atoms with Crippen molar-refractivity contribution in [3.05, 3.63) is 53.1 Å². The molecule has 0 atom stereocenters. The minimum atomic E-state index is 0.00265. The molecule has 2 aromatic rings. The highest BCUT2D eigenvalue weighted by atomic mass is 35.5. The van der Waals surface area contributed by atoms with E-state index in [-0.39, 0.29) is 17.1 Å². The van der Waals surface area contributed by atoms with Crippen molar-refractivity contribution < 1.29 is 4.74 Å². The number of hydrogen-bond acceptors (Lipinski definition) is 4. The number of anilines is 2. The Morgan fingerprint density at radius 2 is 1.70 bits per heavy atom. The molecular weight excluding hydrogens is 452 g/mol. The van der Waals surface area contributed by atoms with Crippen LogP contribution in [0.5, 0.6) is 5.75 Å². The molecule has 2 N–H and O–H groups in total. The number of methoxy groups -OCH3 is 1. The van der Waals surface area contributed by atoms with Crippen LogP contribution < -0.4 is 20.3 Å². The SMILES string of the molecule is COc1ccc(Cl)c(NC(=S)N(Cc2ccc(N(C)C)cc2)C2CC(C)(C)NC(C)(C)C2)c1. The average Bonchev–Trinajstić information content (AvgIpc) is 2.71. The zero-order valence-corrected chi connectivity index (χ0v) is 22.4. The van der Waals surface area contributed by atoms with E-state index in [9.17, 15) is 0 Å². The molecule has 0 aliphatic carbocycles. The smallest absolute Gasteiger partial charge is 0.174 e. The molecular formula is C26H37ClN4OS. The van der Waals surface area contributed by atoms with Gasteiger partial charge in [-0.05, 0) is 82.6 Å². The summed E-state index contributed by atoms with van der Waals surface area (Å²) in [6, 6.07) is 14.5. The second kappa shape index (κ2) is 10.1. The van der Waals surface area contributed by atoms with E-state index in [2.05, 4.69) is 86.5 Å². The first-order valence-corrected chi connectivity index (χ1v) is 12.1. The Morgan fingerprint density at radius 1 is 1.09 bits per heavy atom. The lowest BCUT2D eigenvalue weighted by molar-refractivity contribution is 0.101. The summed E-state index contributed by atoms with van der Waals surface area (Å²) in [4.78, 5) is 4.43. The van der Waals surface area contributed by atoms with Gasteiger partial charge in [0.05, 0.1) is 17.8 Å². The van der Waals surface area contributed by atoms with Gasteiger partial charge in [0.15, 0.2) is 5.11 Å². The Kier molecular flexibility index (Phi) is 7.82. The number of halogens is 1. The Morgan fingerprint density at radius 3 is 2.24 bits per heavy atom. The summed E-state index contributed by atoms with van der Waals surface area (Å²) >= 11 is 12.5. The molecule has 0 bridgehead atoms. The molecule has 3 rings (SSSR count). The zero-order valence-electron chi connectivity index (χ0n) is 20.8. The van der Waals surface area contributed by atoms with Crippen molar-refractivity contribution in [3.8, 4) is 5.75 Å². The first-order valence-electron chi connectivity index (χ1n) is 11.4. The summed E-state index contributed by atoms with van der Waals surface area (Å²) < 4.78 is 5.38. The van der Waals surface area contributed by atoms with Crippen LogP contribution in [0, 0.1) is 0 Å². The highest BCUT2D eigenvalue weighted by Gasteiger charge is 2.40. The number of thiocarbonyl (C=S) groups is 1. The predicted molar refractivity (Wildman–Crippen MR) is 145 cm³/mol. The molecule has 1 fully saturated rings. The van der Waals surface area contributed by atoms with Gasteiger partial charge in [0.2, 0.25) is 0 Å². The van der Waals surface area contributed by atoms with E-state index < -0.39 is 0 Å². The summed E-state index contributed by atoms with van der Waals surface area (Å²) in [7, 11) is 5.75. The van der Waals surface area contributed by atoms with Gasteiger partial charge in [-0.1, -0.05) is 23.7 Å². The van der Waals surface area contributed by atoms with Crippen LogP contribution in [0.1, 0.15) is 46.1 Å². The normalized spacial score (nSPS) is 17.3. The minimum Gasteiger partial charge on any atom is -0.497 e. The third-order valence-corrected chi connectivity index (χ3v) is 6.76. The van der Waals surface area contributed by atoms with Crippen LogP contribution in [-0.2, 0) is 6.54 Å². The highest BCUT2D eigenvalue weighted by Crippen LogP contribution is 2.34. The monoisotopic (exact) mass is 488 g/mol. The zero-order chi connectivity index (χ0) is 24.4. The van der Waals surface area contributed by atoms with Crippen LogP contribution in [0.15, 0.2) is 42.5 Å². The highest BCUT2D eigenvalue weighted by molar-refractivity contribution is 7.80. The van der Waals surface area contributed by atoms with Crippen LogP contribution >= 0.6 is 23.8 Å². The standard InChI is InChI=1S/C26H37ClN4OS/c1-25(2)15-20(16-26(3,4)29-25)31(17-18-8-10-19(11-9-18)30(5)6)24(33)28-23-14-21(32-7)12-13-22(23)27/h8-14,20,29H,15-17H2,1-7H3,(H,28,33). The van der Waals surface area contributed by atoms with E-state index in [0.717, 1.165) is 30.8 Å². The summed E-state index contributed by atoms with van der Waals surface area (Å²) in [5.41, 5.74) is 3.15. The Hall–Kier alpha value is -2.02. The lowest BCUT2D eigenvalue weighted by Gasteiger charge is -2.50. The molecule has 1 aliphatic rings. The maximum Gasteiger partial charge on any atom is 0.174 e. The van der Waals surface area contributed by atoms with Gasteiger partial charge in [-0.25, -0.2) is 0 Å². The molecule has 180 valence electrons. The van der Waals surface area contributed by atoms with Crippen molar-refractivity contribution in [3.63, 3.8) is 0 Å². The molecule has 0 amide bonds. The maximum atomic E-state index is 6.47. The fourth-order valence-corrected chi connectivity index (χ4v) is 5.35. The molecule has 1 heterocycles. The summed E-state index contributed by atoms with van der Waals surface area (Å²) in [5, 5.41) is 8.46. The number of piperidine rings is 1. The molecule has 0 saturated carbocycles. The van der Waals surface area contributed by atoms with Crippen LogP contribution in [0.3, 0.4) is 0 Å². The maximum absolute atomic E-state index is 6.47. The van der Waals surface area contributed by atoms with E-state index in [1.165, 1.54) is 11.3 Å². The van der Waals surface area contributed by atoms with Gasteiger partial charge in [-0.2, -0.15) is 0 Å². The Bertz CT molecular complexity index is 959. The summed E-state index contributed by atoms with van der Waals surface area (Å²) in [5.74, 6) is 0.736. The summed E-state index contributed by atoms with van der Waals surface area (Å²) in [6.45, 7) is 9.78. The van der Waals surface area contributed by atoms with Crippen molar-refractivity contribution in [1.82, 2.24) is 10.2 Å². The molecule has 5 nitrogen and oxygen atoms in total. The predicted octanol–water partition coefficient (Wildman–Crippen LogP) is 5.92. The lowest BCUT2D eigenvalue weighted by atomic mass is 9.79. The Balaban J connectivity index is 1.91. The summed E-state index contributed by atoms with van der Waals surface area (Å²) in [6.07, 6.45) is 1.97. The number of nitrogens with one attached hydrogen (secondary N) is 2. The Labute approximate surface area is 209 Å². The van der Waals surface area contributed by atoms with Gasteiger partial charge in [-0.3, -0.25) is 0 Å². The molecule has 0 aromatic heterocycles. The van der Waals surface area contributed by atoms with Gasteiger partial charge >= 0.3 is 0 Å². The van der Waals surface area contributed by atoms with E-state index in [1.54, 1.807) is 7.11 Å². The fourth-order valence-electron chi connectivity index (χ4n) is 4.87. The van der Waals surface area contributed by atoms with Crippen molar-refractivity contribution in [2.45, 2.75) is 64.2 Å². The molecule has 0 spiro atoms. The van der Waals surface area contributed by atoms with Gasteiger partial charge in [-0.15, -0.1) is 0 Å². The molecule has 33 heavy (non-hydrogen) atoms. The largest absolute Gasteiger partial charge is 0.497 e. The topological polar surface area (TPSA) is 39.8 Å². The van der Waals surface area contributed by atoms with Gasteiger partial charge < -0.3 is 25.2 Å². The molecule has 0 radical (unpaired) electrons. The fraction of sp³-hybridized carbons (Fsp3) is 0.500. The van der Waals surface area contributed by atoms with E-state index in [0.29, 0.717) is 10.1 Å². The minimum absolute atomic E-state index is 0.00265. The van der Waals surface area contributed by atoms with Crippen LogP contribution in [0.25, 0.3) is 0 Å². The molecule has 1 aliphatic heterocycles. The van der Waals surface area contributed by atoms with Crippen molar-refractivity contribution in [2.75, 3.05) is 31.4 Å². The molecule has 0 unspecified atom stereocenters. The van der Waals surface area contributed by atoms with Gasteiger partial charge in [0.25, 0.3) is 0 Å². The quantitative estimate of drug-likeness (QED) is 0.491. The van der Waals surface area contributed by atoms with Crippen molar-refractivity contribution >= 4 is 40.3 Å². The van der Waals surface area contributed by atoms with E-state index >= 15 is 0 Å². The molecule has 1 saturated heterocycles. The molecule has 2 aromatic carbocycles. The number of benzene rings is 2. The van der Waals surface area contributed by atoms with Gasteiger partial charge in [0.1, 0.15) is 5.75 Å². The van der Waals surface area contributed by atoms with Crippen LogP contribution in [0.2, 0.25) is 5.02 Å². The second-order valence-electron chi connectivity index (χ2n) is 10.4. The average molecular weight is 489 g/mol. The molecule has 7 heteroatoms. The van der Waals surface area contributed by atoms with Crippen molar-refractivity contribution in [1.29, 1.82) is 0 Å². The first kappa shape index (κ1) is 25.6. The first-order chi connectivity index (χ1) is 15.4. The van der Waals surface area contributed by atoms with Crippen LogP contribution in [-0.4, -0.2) is 48.3 Å². The number of hydrogen-bond donors (Lipinski definition) is 2. The third kappa shape index (κ3) is 6.75. The van der Waals surface area contributed by atoms with Gasteiger partial charge in [0, 0.05) is 49.5 Å². The lowest BCUT2D eigenvalue weighted by Crippen LogP contribution is -2.63.